The lowest BCUT2D eigenvalue weighted by Gasteiger charge is -2.01. The number of methoxy groups -OCH3 is 1. The molecule has 1 aromatic carbocycles. The van der Waals surface area contributed by atoms with Crippen LogP contribution in [0.15, 0.2) is 36.5 Å². The molecule has 3 aromatic rings. The third-order valence-corrected chi connectivity index (χ3v) is 3.84. The smallest absolute Gasteiger partial charge is 0.413 e. The minimum Gasteiger partial charge on any atom is -0.453 e. The minimum atomic E-state index is -0.531. The Morgan fingerprint density at radius 3 is 2.81 bits per heavy atom. The van der Waals surface area contributed by atoms with E-state index in [9.17, 15) is 4.79 Å². The highest BCUT2D eigenvalue weighted by molar-refractivity contribution is 7.22. The van der Waals surface area contributed by atoms with E-state index in [-0.39, 0.29) is 0 Å². The van der Waals surface area contributed by atoms with Gasteiger partial charge in [0.25, 0.3) is 0 Å². The Morgan fingerprint density at radius 1 is 1.29 bits per heavy atom. The van der Waals surface area contributed by atoms with Crippen LogP contribution in [0, 0.1) is 0 Å². The number of hydrogen-bond acceptors (Lipinski definition) is 6. The summed E-state index contributed by atoms with van der Waals surface area (Å²) in [5.74, 6) is 0.488. The Bertz CT molecular complexity index is 798. The first-order chi connectivity index (χ1) is 10.2. The molecular weight excluding hydrogens is 288 g/mol. The van der Waals surface area contributed by atoms with Gasteiger partial charge < -0.3 is 10.5 Å². The molecule has 106 valence electrons. The van der Waals surface area contributed by atoms with Crippen molar-refractivity contribution in [2.75, 3.05) is 18.2 Å². The summed E-state index contributed by atoms with van der Waals surface area (Å²) in [4.78, 5) is 19.6. The Kier molecular flexibility index (Phi) is 3.41. The zero-order valence-electron chi connectivity index (χ0n) is 11.2. The molecule has 7 heteroatoms. The summed E-state index contributed by atoms with van der Waals surface area (Å²) >= 11 is 1.38. The Hall–Kier alpha value is -2.67. The molecule has 0 aliphatic heterocycles. The van der Waals surface area contributed by atoms with Crippen LogP contribution < -0.4 is 11.1 Å². The first-order valence-corrected chi connectivity index (χ1v) is 6.95. The maximum Gasteiger partial charge on any atom is 0.413 e. The van der Waals surface area contributed by atoms with Gasteiger partial charge in [0, 0.05) is 11.8 Å². The Morgan fingerprint density at radius 2 is 2.10 bits per heavy atom. The number of benzene rings is 1. The van der Waals surface area contributed by atoms with E-state index in [4.69, 9.17) is 5.73 Å². The number of anilines is 2. The van der Waals surface area contributed by atoms with Gasteiger partial charge in [0.2, 0.25) is 0 Å². The van der Waals surface area contributed by atoms with Crippen LogP contribution in [-0.4, -0.2) is 23.2 Å². The van der Waals surface area contributed by atoms with Crippen LogP contribution in [0.4, 0.5) is 15.7 Å². The fourth-order valence-corrected chi connectivity index (χ4v) is 2.76. The third-order valence-electron chi connectivity index (χ3n) is 2.90. The van der Waals surface area contributed by atoms with E-state index in [1.54, 1.807) is 12.3 Å². The largest absolute Gasteiger partial charge is 0.453 e. The molecule has 0 unspecified atom stereocenters. The van der Waals surface area contributed by atoms with Crippen molar-refractivity contribution in [1.82, 2.24) is 9.97 Å². The highest BCUT2D eigenvalue weighted by Gasteiger charge is 2.08. The summed E-state index contributed by atoms with van der Waals surface area (Å²) in [6, 6.07) is 9.54. The van der Waals surface area contributed by atoms with Crippen molar-refractivity contribution >= 4 is 38.6 Å². The number of rotatable bonds is 2. The molecule has 2 aromatic heterocycles. The summed E-state index contributed by atoms with van der Waals surface area (Å²) in [5.41, 5.74) is 8.40. The lowest BCUT2D eigenvalue weighted by Crippen LogP contribution is -2.10. The lowest BCUT2D eigenvalue weighted by molar-refractivity contribution is 0.187. The van der Waals surface area contributed by atoms with E-state index >= 15 is 0 Å². The fraction of sp³-hybridized carbons (Fsp3) is 0.0714. The quantitative estimate of drug-likeness (QED) is 0.759. The first-order valence-electron chi connectivity index (χ1n) is 6.13. The number of fused-ring (bicyclic) bond motifs is 1. The van der Waals surface area contributed by atoms with Gasteiger partial charge in [-0.2, -0.15) is 0 Å². The zero-order valence-corrected chi connectivity index (χ0v) is 12.0. The van der Waals surface area contributed by atoms with E-state index in [1.807, 2.05) is 24.3 Å². The van der Waals surface area contributed by atoms with Gasteiger partial charge >= 0.3 is 6.09 Å². The van der Waals surface area contributed by atoms with Gasteiger partial charge in [-0.05, 0) is 29.8 Å². The van der Waals surface area contributed by atoms with Crippen LogP contribution in [0.2, 0.25) is 0 Å². The van der Waals surface area contributed by atoms with E-state index < -0.39 is 6.09 Å². The molecule has 0 aliphatic carbocycles. The van der Waals surface area contributed by atoms with Crippen molar-refractivity contribution < 1.29 is 9.53 Å². The second-order valence-electron chi connectivity index (χ2n) is 4.29. The number of hydrogen-bond donors (Lipinski definition) is 2. The van der Waals surface area contributed by atoms with Crippen LogP contribution in [0.25, 0.3) is 21.3 Å². The average molecular weight is 300 g/mol. The summed E-state index contributed by atoms with van der Waals surface area (Å²) < 4.78 is 5.52. The number of amides is 1. The molecule has 0 radical (unpaired) electrons. The van der Waals surface area contributed by atoms with Crippen molar-refractivity contribution in [3.63, 3.8) is 0 Å². The molecule has 6 nitrogen and oxygen atoms in total. The van der Waals surface area contributed by atoms with Crippen LogP contribution >= 0.6 is 11.3 Å². The van der Waals surface area contributed by atoms with Crippen LogP contribution in [-0.2, 0) is 4.74 Å². The number of nitrogens with zero attached hydrogens (tertiary/aromatic N) is 2. The summed E-state index contributed by atoms with van der Waals surface area (Å²) in [7, 11) is 1.31. The predicted octanol–water partition coefficient (Wildman–Crippen LogP) is 3.12. The fourth-order valence-electron chi connectivity index (χ4n) is 1.87. The maximum absolute atomic E-state index is 11.2. The number of thiazole rings is 1. The number of carbonyl (C=O) groups is 1. The van der Waals surface area contributed by atoms with Crippen molar-refractivity contribution in [2.24, 2.45) is 0 Å². The normalized spacial score (nSPS) is 10.5. The van der Waals surface area contributed by atoms with E-state index in [0.29, 0.717) is 10.9 Å². The van der Waals surface area contributed by atoms with Gasteiger partial charge in [0.1, 0.15) is 5.82 Å². The second kappa shape index (κ2) is 5.37. The first kappa shape index (κ1) is 13.3. The van der Waals surface area contributed by atoms with Gasteiger partial charge in [0.15, 0.2) is 5.13 Å². The molecule has 21 heavy (non-hydrogen) atoms. The van der Waals surface area contributed by atoms with Crippen molar-refractivity contribution in [1.29, 1.82) is 0 Å². The molecule has 2 heterocycles. The molecule has 0 fully saturated rings. The van der Waals surface area contributed by atoms with Crippen molar-refractivity contribution in [2.45, 2.75) is 0 Å². The van der Waals surface area contributed by atoms with Gasteiger partial charge in [0.05, 0.1) is 17.3 Å². The molecule has 0 bridgehead atoms. The SMILES string of the molecule is COC(=O)Nc1nc2ccc(-c3ccc(N)nc3)cc2s1. The highest BCUT2D eigenvalue weighted by Crippen LogP contribution is 2.30. The molecule has 0 atom stereocenters. The Labute approximate surface area is 124 Å². The molecule has 3 N–H and O–H groups in total. The number of nitrogens with one attached hydrogen (secondary N) is 1. The predicted molar refractivity (Wildman–Crippen MR) is 83.3 cm³/mol. The molecule has 3 rings (SSSR count). The number of nitrogen functional groups attached to an aromatic ring is 1. The van der Waals surface area contributed by atoms with E-state index in [1.165, 1.54) is 18.4 Å². The summed E-state index contributed by atoms with van der Waals surface area (Å²) in [6.45, 7) is 0. The maximum atomic E-state index is 11.2. The Balaban J connectivity index is 1.96. The molecule has 0 aliphatic rings. The topological polar surface area (TPSA) is 90.1 Å². The van der Waals surface area contributed by atoms with Gasteiger partial charge in [-0.1, -0.05) is 17.4 Å². The monoisotopic (exact) mass is 300 g/mol. The van der Waals surface area contributed by atoms with Gasteiger partial charge in [-0.25, -0.2) is 14.8 Å². The number of pyridine rings is 1. The van der Waals surface area contributed by atoms with Gasteiger partial charge in [-0.3, -0.25) is 5.32 Å². The summed E-state index contributed by atoms with van der Waals surface area (Å²) in [6.07, 6.45) is 1.20. The number of nitrogens with two attached hydrogens (primary N) is 1. The standard InChI is InChI=1S/C14H12N4O2S/c1-20-14(19)18-13-17-10-4-2-8(6-11(10)21-13)9-3-5-12(15)16-7-9/h2-7H,1H3,(H2,15,16)(H,17,18,19). The van der Waals surface area contributed by atoms with Crippen molar-refractivity contribution in [3.8, 4) is 11.1 Å². The van der Waals surface area contributed by atoms with Gasteiger partial charge in [-0.15, -0.1) is 0 Å². The van der Waals surface area contributed by atoms with E-state index in [2.05, 4.69) is 20.0 Å². The summed E-state index contributed by atoms with van der Waals surface area (Å²) in [5, 5.41) is 3.07. The van der Waals surface area contributed by atoms with Crippen molar-refractivity contribution in [3.05, 3.63) is 36.5 Å². The molecule has 1 amide bonds. The van der Waals surface area contributed by atoms with Crippen LogP contribution in [0.3, 0.4) is 0 Å². The zero-order chi connectivity index (χ0) is 14.8. The minimum absolute atomic E-state index is 0.488. The molecular formula is C14H12N4O2S. The van der Waals surface area contributed by atoms with Crippen LogP contribution in [0.5, 0.6) is 0 Å². The second-order valence-corrected chi connectivity index (χ2v) is 5.32. The molecule has 0 saturated carbocycles. The average Bonchev–Trinajstić information content (AvgIpc) is 2.89. The molecule has 0 spiro atoms. The number of ether oxygens (including phenoxy) is 1. The highest BCUT2D eigenvalue weighted by atomic mass is 32.1. The van der Waals surface area contributed by atoms with E-state index in [0.717, 1.165) is 21.3 Å². The number of aromatic nitrogens is 2. The lowest BCUT2D eigenvalue weighted by atomic mass is 10.1. The molecule has 0 saturated heterocycles. The third kappa shape index (κ3) is 2.77. The van der Waals surface area contributed by atoms with Crippen LogP contribution in [0.1, 0.15) is 0 Å². The number of carbonyl (C=O) groups excluding carboxylic acids is 1.